The first-order valence-corrected chi connectivity index (χ1v) is 6.09. The van der Waals surface area contributed by atoms with Crippen LogP contribution >= 0.6 is 11.6 Å². The van der Waals surface area contributed by atoms with Gasteiger partial charge in [-0.3, -0.25) is 4.79 Å². The molecule has 0 aliphatic heterocycles. The number of carbonyl (C=O) groups is 1. The van der Waals surface area contributed by atoms with Gasteiger partial charge in [0.2, 0.25) is 0 Å². The molecule has 21 heavy (non-hydrogen) atoms. The number of carbonyl (C=O) groups excluding carboxylic acids is 1. The van der Waals surface area contributed by atoms with Crippen molar-refractivity contribution in [1.82, 2.24) is 4.98 Å². The predicted molar refractivity (Wildman–Crippen MR) is 73.1 cm³/mol. The van der Waals surface area contributed by atoms with E-state index in [1.165, 1.54) is 12.3 Å². The van der Waals surface area contributed by atoms with Crippen LogP contribution in [0.1, 0.15) is 10.4 Å². The Labute approximate surface area is 122 Å². The van der Waals surface area contributed by atoms with Gasteiger partial charge < -0.3 is 10.6 Å². The Hall–Kier alpha value is -2.28. The molecule has 0 atom stereocenters. The largest absolute Gasteiger partial charge is 0.373 e. The molecule has 0 spiro atoms. The van der Waals surface area contributed by atoms with E-state index in [0.29, 0.717) is 18.0 Å². The first kappa shape index (κ1) is 15.1. The lowest BCUT2D eigenvalue weighted by atomic mass is 10.2. The number of rotatable bonds is 3. The van der Waals surface area contributed by atoms with E-state index in [4.69, 9.17) is 11.6 Å². The number of halogens is 4. The van der Waals surface area contributed by atoms with Gasteiger partial charge in [-0.05, 0) is 6.07 Å². The van der Waals surface area contributed by atoms with Crippen LogP contribution in [-0.2, 0) is 0 Å². The average Bonchev–Trinajstić information content (AvgIpc) is 2.43. The van der Waals surface area contributed by atoms with Crippen LogP contribution in [0, 0.1) is 17.5 Å². The maximum Gasteiger partial charge on any atom is 0.257 e. The summed E-state index contributed by atoms with van der Waals surface area (Å²) in [6, 6.07) is 2.24. The molecule has 0 radical (unpaired) electrons. The van der Waals surface area contributed by atoms with Crippen molar-refractivity contribution in [3.63, 3.8) is 0 Å². The van der Waals surface area contributed by atoms with E-state index in [1.807, 2.05) is 5.32 Å². The number of amides is 1. The molecule has 2 N–H and O–H groups in total. The van der Waals surface area contributed by atoms with Gasteiger partial charge in [-0.15, -0.1) is 0 Å². The van der Waals surface area contributed by atoms with Crippen LogP contribution in [-0.4, -0.2) is 17.9 Å². The molecule has 1 heterocycles. The number of hydrogen-bond acceptors (Lipinski definition) is 3. The molecule has 0 bridgehead atoms. The van der Waals surface area contributed by atoms with E-state index in [0.717, 1.165) is 0 Å². The van der Waals surface area contributed by atoms with Gasteiger partial charge in [-0.25, -0.2) is 18.2 Å². The van der Waals surface area contributed by atoms with Crippen molar-refractivity contribution < 1.29 is 18.0 Å². The van der Waals surface area contributed by atoms with Gasteiger partial charge in [0, 0.05) is 25.4 Å². The van der Waals surface area contributed by atoms with Crippen molar-refractivity contribution in [3.05, 3.63) is 52.4 Å². The molecule has 0 saturated carbocycles. The quantitative estimate of drug-likeness (QED) is 0.912. The average molecular weight is 316 g/mol. The zero-order valence-corrected chi connectivity index (χ0v) is 11.4. The highest BCUT2D eigenvalue weighted by Gasteiger charge is 2.17. The van der Waals surface area contributed by atoms with Crippen LogP contribution in [0.15, 0.2) is 24.4 Å². The second-order valence-electron chi connectivity index (χ2n) is 4.00. The number of anilines is 2. The maximum atomic E-state index is 13.5. The summed E-state index contributed by atoms with van der Waals surface area (Å²) >= 11 is 5.82. The number of pyridine rings is 1. The molecule has 4 nitrogen and oxygen atoms in total. The summed E-state index contributed by atoms with van der Waals surface area (Å²) in [6.45, 7) is 0. The molecular formula is C13H9ClF3N3O. The summed E-state index contributed by atoms with van der Waals surface area (Å²) in [5.74, 6) is -4.02. The Kier molecular flexibility index (Phi) is 4.32. The van der Waals surface area contributed by atoms with E-state index >= 15 is 0 Å². The number of benzene rings is 1. The number of aromatic nitrogens is 1. The molecule has 1 aromatic carbocycles. The van der Waals surface area contributed by atoms with Gasteiger partial charge in [0.05, 0.1) is 10.6 Å². The van der Waals surface area contributed by atoms with Gasteiger partial charge in [0.1, 0.15) is 17.3 Å². The Morgan fingerprint density at radius 1 is 1.19 bits per heavy atom. The highest BCUT2D eigenvalue weighted by atomic mass is 35.5. The zero-order chi connectivity index (χ0) is 15.6. The van der Waals surface area contributed by atoms with E-state index in [2.05, 4.69) is 10.3 Å². The van der Waals surface area contributed by atoms with Crippen LogP contribution < -0.4 is 10.6 Å². The summed E-state index contributed by atoms with van der Waals surface area (Å²) in [4.78, 5) is 15.9. The minimum atomic E-state index is -1.22. The lowest BCUT2D eigenvalue weighted by Gasteiger charge is -2.10. The fourth-order valence-electron chi connectivity index (χ4n) is 1.59. The number of nitrogens with zero attached hydrogens (tertiary/aromatic N) is 1. The van der Waals surface area contributed by atoms with Gasteiger partial charge >= 0.3 is 0 Å². The van der Waals surface area contributed by atoms with Gasteiger partial charge in [-0.1, -0.05) is 11.6 Å². The Morgan fingerprint density at radius 3 is 2.38 bits per heavy atom. The first-order valence-electron chi connectivity index (χ1n) is 5.71. The highest BCUT2D eigenvalue weighted by Crippen LogP contribution is 2.23. The fraction of sp³-hybridized carbons (Fsp3) is 0.0769. The van der Waals surface area contributed by atoms with Crippen molar-refractivity contribution in [2.24, 2.45) is 0 Å². The number of hydrogen-bond donors (Lipinski definition) is 2. The smallest absolute Gasteiger partial charge is 0.257 e. The molecule has 0 aliphatic rings. The predicted octanol–water partition coefficient (Wildman–Crippen LogP) is 3.45. The minimum absolute atomic E-state index is 0.00873. The molecule has 2 aromatic rings. The van der Waals surface area contributed by atoms with Crippen molar-refractivity contribution in [2.75, 3.05) is 17.7 Å². The van der Waals surface area contributed by atoms with Gasteiger partial charge in [-0.2, -0.15) is 0 Å². The topological polar surface area (TPSA) is 54.0 Å². The third-order valence-electron chi connectivity index (χ3n) is 2.60. The fourth-order valence-corrected chi connectivity index (χ4v) is 1.78. The van der Waals surface area contributed by atoms with Crippen LogP contribution in [0.4, 0.5) is 24.7 Å². The molecule has 2 rings (SSSR count). The lowest BCUT2D eigenvalue weighted by Crippen LogP contribution is -2.15. The second-order valence-corrected chi connectivity index (χ2v) is 4.41. The summed E-state index contributed by atoms with van der Waals surface area (Å²) < 4.78 is 39.8. The van der Waals surface area contributed by atoms with Gasteiger partial charge in [0.15, 0.2) is 11.6 Å². The Balaban J connectivity index is 2.35. The normalized spacial score (nSPS) is 10.3. The molecule has 1 amide bonds. The lowest BCUT2D eigenvalue weighted by molar-refractivity contribution is 0.102. The standard InChI is InChI=1S/C13H9ClF3N3O/c1-18-11-4-7(8(14)5-19-11)13(21)20-12-9(16)2-6(15)3-10(12)17/h2-5H,1H3,(H,18,19)(H,20,21). The monoisotopic (exact) mass is 315 g/mol. The molecule has 0 aliphatic carbocycles. The van der Waals surface area contributed by atoms with Crippen LogP contribution in [0.2, 0.25) is 5.02 Å². The van der Waals surface area contributed by atoms with Crippen molar-refractivity contribution in [1.29, 1.82) is 0 Å². The Bertz CT molecular complexity index is 686. The minimum Gasteiger partial charge on any atom is -0.373 e. The molecular weight excluding hydrogens is 307 g/mol. The molecule has 0 fully saturated rings. The van der Waals surface area contributed by atoms with Crippen molar-refractivity contribution in [3.8, 4) is 0 Å². The van der Waals surface area contributed by atoms with Crippen LogP contribution in [0.25, 0.3) is 0 Å². The highest BCUT2D eigenvalue weighted by molar-refractivity contribution is 6.34. The molecule has 1 aromatic heterocycles. The molecule has 8 heteroatoms. The van der Waals surface area contributed by atoms with Crippen LogP contribution in [0.5, 0.6) is 0 Å². The Morgan fingerprint density at radius 2 is 1.81 bits per heavy atom. The zero-order valence-electron chi connectivity index (χ0n) is 10.7. The number of nitrogens with one attached hydrogen (secondary N) is 2. The summed E-state index contributed by atoms with van der Waals surface area (Å²) in [5, 5.41) is 4.72. The third kappa shape index (κ3) is 3.25. The third-order valence-corrected chi connectivity index (χ3v) is 2.90. The summed E-state index contributed by atoms with van der Waals surface area (Å²) in [5.41, 5.74) is -0.778. The SMILES string of the molecule is CNc1cc(C(=O)Nc2c(F)cc(F)cc2F)c(Cl)cn1. The summed E-state index contributed by atoms with van der Waals surface area (Å²) in [7, 11) is 1.58. The maximum absolute atomic E-state index is 13.5. The van der Waals surface area contributed by atoms with Crippen molar-refractivity contribution in [2.45, 2.75) is 0 Å². The van der Waals surface area contributed by atoms with E-state index in [1.54, 1.807) is 7.05 Å². The van der Waals surface area contributed by atoms with E-state index in [9.17, 15) is 18.0 Å². The first-order chi connectivity index (χ1) is 9.92. The molecule has 0 unspecified atom stereocenters. The van der Waals surface area contributed by atoms with Crippen molar-refractivity contribution >= 4 is 29.0 Å². The van der Waals surface area contributed by atoms with Gasteiger partial charge in [0.25, 0.3) is 5.91 Å². The molecule has 0 saturated heterocycles. The second kappa shape index (κ2) is 6.01. The van der Waals surface area contributed by atoms with Crippen LogP contribution in [0.3, 0.4) is 0 Å². The molecule has 110 valence electrons. The van der Waals surface area contributed by atoms with E-state index in [-0.39, 0.29) is 10.6 Å². The summed E-state index contributed by atoms with van der Waals surface area (Å²) in [6.07, 6.45) is 1.22. The van der Waals surface area contributed by atoms with E-state index < -0.39 is 29.0 Å².